The molecular weight excluding hydrogens is 246 g/mol. The largest absolute Gasteiger partial charge is 0.359 e. The number of carbonyl (C=O) groups is 1. The van der Waals surface area contributed by atoms with E-state index in [1.165, 1.54) is 32.1 Å². The fourth-order valence-corrected chi connectivity index (χ4v) is 2.80. The van der Waals surface area contributed by atoms with Gasteiger partial charge in [0, 0.05) is 24.6 Å². The monoisotopic (exact) mass is 267 g/mol. The average Bonchev–Trinajstić information content (AvgIpc) is 2.38. The molecule has 0 aliphatic heterocycles. The van der Waals surface area contributed by atoms with Crippen LogP contribution in [-0.4, -0.2) is 22.6 Å². The average molecular weight is 267 g/mol. The maximum Gasteiger partial charge on any atom is 0.187 e. The van der Waals surface area contributed by atoms with Crippen LogP contribution in [0, 0.1) is 0 Å². The standard InChI is InChI=1S/C13H21N3OS/c17-12-8-4-7-11(9-12)15-16-13(18)14-10-5-2-1-3-6-10/h10H,1-9H2,(H2,14,16,18)/b15-11+. The summed E-state index contributed by atoms with van der Waals surface area (Å²) in [4.78, 5) is 11.3. The first-order valence-electron chi connectivity index (χ1n) is 6.87. The van der Waals surface area contributed by atoms with Gasteiger partial charge in [0.2, 0.25) is 0 Å². The molecule has 0 aromatic heterocycles. The summed E-state index contributed by atoms with van der Waals surface area (Å²) in [6.07, 6.45) is 9.29. The lowest BCUT2D eigenvalue weighted by molar-refractivity contribution is -0.118. The van der Waals surface area contributed by atoms with Crippen LogP contribution < -0.4 is 10.7 Å². The Morgan fingerprint density at radius 3 is 2.67 bits per heavy atom. The van der Waals surface area contributed by atoms with Crippen LogP contribution in [0.1, 0.15) is 57.8 Å². The summed E-state index contributed by atoms with van der Waals surface area (Å²) in [6.45, 7) is 0. The zero-order chi connectivity index (χ0) is 12.8. The molecule has 0 atom stereocenters. The van der Waals surface area contributed by atoms with Gasteiger partial charge in [-0.05, 0) is 37.9 Å². The third-order valence-corrected chi connectivity index (χ3v) is 3.79. The van der Waals surface area contributed by atoms with Crippen molar-refractivity contribution in [3.8, 4) is 0 Å². The van der Waals surface area contributed by atoms with Gasteiger partial charge < -0.3 is 5.32 Å². The highest BCUT2D eigenvalue weighted by Gasteiger charge is 2.16. The van der Waals surface area contributed by atoms with Crippen molar-refractivity contribution < 1.29 is 4.79 Å². The van der Waals surface area contributed by atoms with Crippen molar-refractivity contribution in [2.24, 2.45) is 5.10 Å². The molecular formula is C13H21N3OS. The van der Waals surface area contributed by atoms with Crippen molar-refractivity contribution in [2.45, 2.75) is 63.8 Å². The number of nitrogens with zero attached hydrogens (tertiary/aromatic N) is 1. The van der Waals surface area contributed by atoms with Crippen LogP contribution in [0.4, 0.5) is 0 Å². The summed E-state index contributed by atoms with van der Waals surface area (Å²) in [6, 6.07) is 0.493. The fraction of sp³-hybridized carbons (Fsp3) is 0.769. The lowest BCUT2D eigenvalue weighted by atomic mass is 9.96. The predicted octanol–water partition coefficient (Wildman–Crippen LogP) is 2.28. The van der Waals surface area contributed by atoms with E-state index in [0.29, 0.717) is 24.0 Å². The van der Waals surface area contributed by atoms with Crippen LogP contribution in [0.15, 0.2) is 5.10 Å². The molecule has 2 rings (SSSR count). The molecule has 2 N–H and O–H groups in total. The molecule has 2 fully saturated rings. The smallest absolute Gasteiger partial charge is 0.187 e. The molecule has 18 heavy (non-hydrogen) atoms. The summed E-state index contributed by atoms with van der Waals surface area (Å²) >= 11 is 5.22. The first-order valence-corrected chi connectivity index (χ1v) is 7.28. The van der Waals surface area contributed by atoms with Crippen molar-refractivity contribution in [2.75, 3.05) is 0 Å². The number of hydrogen-bond donors (Lipinski definition) is 2. The maximum absolute atomic E-state index is 11.3. The maximum atomic E-state index is 11.3. The van der Waals surface area contributed by atoms with Gasteiger partial charge in [-0.2, -0.15) is 5.10 Å². The number of hydrogen-bond acceptors (Lipinski definition) is 3. The lowest BCUT2D eigenvalue weighted by Crippen LogP contribution is -2.41. The quantitative estimate of drug-likeness (QED) is 0.595. The second-order valence-corrected chi connectivity index (χ2v) is 5.58. The van der Waals surface area contributed by atoms with E-state index in [2.05, 4.69) is 15.8 Å². The molecule has 2 saturated carbocycles. The van der Waals surface area contributed by atoms with Gasteiger partial charge in [-0.25, -0.2) is 0 Å². The van der Waals surface area contributed by atoms with E-state index >= 15 is 0 Å². The van der Waals surface area contributed by atoms with Crippen LogP contribution >= 0.6 is 12.2 Å². The van der Waals surface area contributed by atoms with Crippen molar-refractivity contribution in [3.05, 3.63) is 0 Å². The molecule has 0 heterocycles. The molecule has 0 aromatic carbocycles. The highest BCUT2D eigenvalue weighted by Crippen LogP contribution is 2.17. The number of Topliss-reactive ketones (excluding diaryl/α,β-unsaturated/α-hetero) is 1. The van der Waals surface area contributed by atoms with E-state index in [0.717, 1.165) is 18.6 Å². The SMILES string of the molecule is O=C1CCC/C(=N\NC(=S)NC2CCCCC2)C1. The Kier molecular flexibility index (Phi) is 5.11. The number of carbonyl (C=O) groups excluding carboxylic acids is 1. The van der Waals surface area contributed by atoms with Gasteiger partial charge in [0.25, 0.3) is 0 Å². The Morgan fingerprint density at radius 1 is 1.17 bits per heavy atom. The molecule has 2 aliphatic carbocycles. The van der Waals surface area contributed by atoms with E-state index in [1.54, 1.807) is 0 Å². The van der Waals surface area contributed by atoms with Gasteiger partial charge >= 0.3 is 0 Å². The molecule has 100 valence electrons. The Hall–Kier alpha value is -0.970. The summed E-state index contributed by atoms with van der Waals surface area (Å²) < 4.78 is 0. The molecule has 0 saturated heterocycles. The minimum absolute atomic E-state index is 0.285. The second kappa shape index (κ2) is 6.83. The normalized spacial score (nSPS) is 24.0. The fourth-order valence-electron chi connectivity index (χ4n) is 2.58. The van der Waals surface area contributed by atoms with Gasteiger partial charge in [-0.3, -0.25) is 10.2 Å². The summed E-state index contributed by atoms with van der Waals surface area (Å²) in [5, 5.41) is 8.13. The number of rotatable bonds is 2. The van der Waals surface area contributed by atoms with E-state index in [4.69, 9.17) is 12.2 Å². The zero-order valence-corrected chi connectivity index (χ0v) is 11.5. The Bertz CT molecular complexity index is 348. The van der Waals surface area contributed by atoms with Gasteiger partial charge in [0.15, 0.2) is 5.11 Å². The molecule has 2 aliphatic rings. The summed E-state index contributed by atoms with van der Waals surface area (Å²) in [5.74, 6) is 0.285. The van der Waals surface area contributed by atoms with E-state index in [-0.39, 0.29) is 5.78 Å². The molecule has 0 aromatic rings. The van der Waals surface area contributed by atoms with E-state index in [9.17, 15) is 4.79 Å². The molecule has 0 unspecified atom stereocenters. The first-order chi connectivity index (χ1) is 8.74. The van der Waals surface area contributed by atoms with Crippen LogP contribution in [0.2, 0.25) is 0 Å². The van der Waals surface area contributed by atoms with E-state index < -0.39 is 0 Å². The Balaban J connectivity index is 1.73. The van der Waals surface area contributed by atoms with Crippen molar-refractivity contribution in [1.82, 2.24) is 10.7 Å². The van der Waals surface area contributed by atoms with Gasteiger partial charge in [-0.15, -0.1) is 0 Å². The van der Waals surface area contributed by atoms with Crippen molar-refractivity contribution >= 4 is 28.8 Å². The molecule has 0 spiro atoms. The lowest BCUT2D eigenvalue weighted by Gasteiger charge is -2.23. The Labute approximate surface area is 114 Å². The number of thiocarbonyl (C=S) groups is 1. The minimum Gasteiger partial charge on any atom is -0.359 e. The summed E-state index contributed by atoms with van der Waals surface area (Å²) in [5.41, 5.74) is 3.81. The van der Waals surface area contributed by atoms with Gasteiger partial charge in [-0.1, -0.05) is 19.3 Å². The molecule has 5 heteroatoms. The van der Waals surface area contributed by atoms with E-state index in [1.807, 2.05) is 0 Å². The molecule has 0 radical (unpaired) electrons. The number of hydrazone groups is 1. The van der Waals surface area contributed by atoms with Gasteiger partial charge in [0.1, 0.15) is 5.78 Å². The Morgan fingerprint density at radius 2 is 1.94 bits per heavy atom. The highest BCUT2D eigenvalue weighted by atomic mass is 32.1. The van der Waals surface area contributed by atoms with Crippen LogP contribution in [0.25, 0.3) is 0 Å². The third kappa shape index (κ3) is 4.37. The minimum atomic E-state index is 0.285. The van der Waals surface area contributed by atoms with Crippen LogP contribution in [0.5, 0.6) is 0 Å². The zero-order valence-electron chi connectivity index (χ0n) is 10.7. The number of nitrogens with one attached hydrogen (secondary N) is 2. The summed E-state index contributed by atoms with van der Waals surface area (Å²) in [7, 11) is 0. The van der Waals surface area contributed by atoms with Crippen molar-refractivity contribution in [1.29, 1.82) is 0 Å². The highest BCUT2D eigenvalue weighted by molar-refractivity contribution is 7.80. The first kappa shape index (κ1) is 13.5. The van der Waals surface area contributed by atoms with Gasteiger partial charge in [0.05, 0.1) is 0 Å². The second-order valence-electron chi connectivity index (χ2n) is 5.17. The van der Waals surface area contributed by atoms with Crippen LogP contribution in [0.3, 0.4) is 0 Å². The molecule has 0 amide bonds. The topological polar surface area (TPSA) is 53.5 Å². The number of ketones is 1. The predicted molar refractivity (Wildman–Crippen MR) is 76.7 cm³/mol. The van der Waals surface area contributed by atoms with Crippen LogP contribution in [-0.2, 0) is 4.79 Å². The third-order valence-electron chi connectivity index (χ3n) is 3.58. The van der Waals surface area contributed by atoms with Crippen molar-refractivity contribution in [3.63, 3.8) is 0 Å². The molecule has 4 nitrogen and oxygen atoms in total. The molecule has 0 bridgehead atoms.